The summed E-state index contributed by atoms with van der Waals surface area (Å²) in [5.74, 6) is 0.471. The average Bonchev–Trinajstić information content (AvgIpc) is 2.69. The third-order valence-corrected chi connectivity index (χ3v) is 5.14. The molecule has 1 aliphatic rings. The van der Waals surface area contributed by atoms with Crippen LogP contribution in [0.2, 0.25) is 0 Å². The fourth-order valence-electron chi connectivity index (χ4n) is 2.44. The Bertz CT molecular complexity index is 442. The first kappa shape index (κ1) is 14.5. The maximum absolute atomic E-state index is 12.5. The molecule has 1 fully saturated rings. The van der Waals surface area contributed by atoms with Gasteiger partial charge in [-0.1, -0.05) is 13.8 Å². The summed E-state index contributed by atoms with van der Waals surface area (Å²) < 4.78 is 0. The molecule has 0 aromatic carbocycles. The van der Waals surface area contributed by atoms with Crippen molar-refractivity contribution in [2.75, 3.05) is 18.4 Å². The van der Waals surface area contributed by atoms with Crippen LogP contribution in [0.3, 0.4) is 0 Å². The van der Waals surface area contributed by atoms with Gasteiger partial charge in [-0.2, -0.15) is 0 Å². The van der Waals surface area contributed by atoms with Gasteiger partial charge in [0.15, 0.2) is 5.13 Å². The lowest BCUT2D eigenvalue weighted by atomic mass is 9.74. The second-order valence-corrected chi connectivity index (χ2v) is 7.08. The normalized spacial score (nSPS) is 20.3. The van der Waals surface area contributed by atoms with Crippen LogP contribution < -0.4 is 10.6 Å². The molecule has 0 bridgehead atoms. The van der Waals surface area contributed by atoms with E-state index in [2.05, 4.69) is 15.6 Å². The Kier molecular flexibility index (Phi) is 4.26. The van der Waals surface area contributed by atoms with Crippen LogP contribution in [-0.4, -0.2) is 24.0 Å². The molecule has 0 saturated carbocycles. The standard InChI is InChI=1S/C14H23N3OS/c1-9-10(2)19-13(16-9)17-12(18)14(3,4)11-6-5-7-15-8-11/h11,15H,5-8H2,1-4H3,(H,16,17,18). The minimum Gasteiger partial charge on any atom is -0.316 e. The summed E-state index contributed by atoms with van der Waals surface area (Å²) in [6.07, 6.45) is 2.26. The highest BCUT2D eigenvalue weighted by Crippen LogP contribution is 2.33. The molecule has 106 valence electrons. The molecular weight excluding hydrogens is 258 g/mol. The first-order chi connectivity index (χ1) is 8.91. The molecule has 0 radical (unpaired) electrons. The second kappa shape index (κ2) is 5.59. The van der Waals surface area contributed by atoms with Crippen LogP contribution in [0.15, 0.2) is 0 Å². The molecule has 1 aliphatic heterocycles. The molecule has 2 N–H and O–H groups in total. The summed E-state index contributed by atoms with van der Waals surface area (Å²) in [4.78, 5) is 18.0. The molecule has 4 nitrogen and oxygen atoms in total. The number of anilines is 1. The molecule has 5 heteroatoms. The maximum Gasteiger partial charge on any atom is 0.232 e. The highest BCUT2D eigenvalue weighted by atomic mass is 32.1. The SMILES string of the molecule is Cc1nc(NC(=O)C(C)(C)C2CCCNC2)sc1C. The zero-order valence-electron chi connectivity index (χ0n) is 12.2. The minimum absolute atomic E-state index is 0.0787. The highest BCUT2D eigenvalue weighted by Gasteiger charge is 2.37. The van der Waals surface area contributed by atoms with Gasteiger partial charge < -0.3 is 10.6 Å². The van der Waals surface area contributed by atoms with Gasteiger partial charge in [-0.25, -0.2) is 4.98 Å². The van der Waals surface area contributed by atoms with Crippen LogP contribution >= 0.6 is 11.3 Å². The number of carbonyl (C=O) groups is 1. The zero-order valence-corrected chi connectivity index (χ0v) is 13.0. The Labute approximate surface area is 119 Å². The molecule has 1 saturated heterocycles. The van der Waals surface area contributed by atoms with E-state index in [9.17, 15) is 4.79 Å². The van der Waals surface area contributed by atoms with E-state index in [0.717, 1.165) is 41.6 Å². The lowest BCUT2D eigenvalue weighted by Gasteiger charge is -2.35. The summed E-state index contributed by atoms with van der Waals surface area (Å²) in [6, 6.07) is 0. The van der Waals surface area contributed by atoms with E-state index < -0.39 is 0 Å². The number of piperidine rings is 1. The third kappa shape index (κ3) is 3.15. The fourth-order valence-corrected chi connectivity index (χ4v) is 3.25. The topological polar surface area (TPSA) is 54.0 Å². The van der Waals surface area contributed by atoms with Crippen LogP contribution in [0.25, 0.3) is 0 Å². The van der Waals surface area contributed by atoms with Crippen molar-refractivity contribution in [1.82, 2.24) is 10.3 Å². The molecule has 1 aromatic heterocycles. The van der Waals surface area contributed by atoms with E-state index in [1.54, 1.807) is 11.3 Å². The van der Waals surface area contributed by atoms with Crippen molar-refractivity contribution in [3.05, 3.63) is 10.6 Å². The number of carbonyl (C=O) groups excluding carboxylic acids is 1. The number of amides is 1. The van der Waals surface area contributed by atoms with Crippen molar-refractivity contribution in [1.29, 1.82) is 0 Å². The zero-order chi connectivity index (χ0) is 14.0. The average molecular weight is 281 g/mol. The van der Waals surface area contributed by atoms with Crippen LogP contribution in [0, 0.1) is 25.2 Å². The van der Waals surface area contributed by atoms with E-state index in [0.29, 0.717) is 5.92 Å². The minimum atomic E-state index is -0.360. The molecule has 0 spiro atoms. The summed E-state index contributed by atoms with van der Waals surface area (Å²) >= 11 is 1.55. The van der Waals surface area contributed by atoms with Gasteiger partial charge in [0, 0.05) is 10.3 Å². The van der Waals surface area contributed by atoms with Crippen LogP contribution in [0.4, 0.5) is 5.13 Å². The number of hydrogen-bond donors (Lipinski definition) is 2. The number of hydrogen-bond acceptors (Lipinski definition) is 4. The number of thiazole rings is 1. The van der Waals surface area contributed by atoms with Crippen molar-refractivity contribution in [2.24, 2.45) is 11.3 Å². The van der Waals surface area contributed by atoms with Gasteiger partial charge in [-0.3, -0.25) is 4.79 Å². The van der Waals surface area contributed by atoms with E-state index in [1.165, 1.54) is 0 Å². The molecule has 1 amide bonds. The Hall–Kier alpha value is -0.940. The first-order valence-corrected chi connectivity index (χ1v) is 7.69. The van der Waals surface area contributed by atoms with Crippen molar-refractivity contribution >= 4 is 22.4 Å². The van der Waals surface area contributed by atoms with Crippen molar-refractivity contribution < 1.29 is 4.79 Å². The predicted octanol–water partition coefficient (Wildman–Crippen LogP) is 2.72. The third-order valence-electron chi connectivity index (χ3n) is 4.15. The van der Waals surface area contributed by atoms with E-state index >= 15 is 0 Å². The number of rotatable bonds is 3. The number of aromatic nitrogens is 1. The van der Waals surface area contributed by atoms with Gasteiger partial charge >= 0.3 is 0 Å². The highest BCUT2D eigenvalue weighted by molar-refractivity contribution is 7.15. The van der Waals surface area contributed by atoms with Crippen LogP contribution in [0.5, 0.6) is 0 Å². The largest absolute Gasteiger partial charge is 0.316 e. The van der Waals surface area contributed by atoms with E-state index in [-0.39, 0.29) is 11.3 Å². The molecule has 1 aromatic rings. The van der Waals surface area contributed by atoms with Gasteiger partial charge in [0.25, 0.3) is 0 Å². The van der Waals surface area contributed by atoms with Crippen LogP contribution in [-0.2, 0) is 4.79 Å². The van der Waals surface area contributed by atoms with E-state index in [1.807, 2.05) is 27.7 Å². The quantitative estimate of drug-likeness (QED) is 0.895. The Morgan fingerprint density at radius 1 is 1.47 bits per heavy atom. The van der Waals surface area contributed by atoms with Gasteiger partial charge in [0.2, 0.25) is 5.91 Å². The van der Waals surface area contributed by atoms with Gasteiger partial charge in [-0.05, 0) is 45.7 Å². The summed E-state index contributed by atoms with van der Waals surface area (Å²) in [5, 5.41) is 7.08. The Balaban J connectivity index is 2.05. The number of nitrogens with one attached hydrogen (secondary N) is 2. The fraction of sp³-hybridized carbons (Fsp3) is 0.714. The summed E-state index contributed by atoms with van der Waals surface area (Å²) in [7, 11) is 0. The first-order valence-electron chi connectivity index (χ1n) is 6.87. The predicted molar refractivity (Wildman–Crippen MR) is 79.6 cm³/mol. The van der Waals surface area contributed by atoms with Crippen molar-refractivity contribution in [3.8, 4) is 0 Å². The molecule has 0 aliphatic carbocycles. The van der Waals surface area contributed by atoms with E-state index in [4.69, 9.17) is 0 Å². The molecular formula is C14H23N3OS. The van der Waals surface area contributed by atoms with Gasteiger partial charge in [-0.15, -0.1) is 11.3 Å². The van der Waals surface area contributed by atoms with Crippen molar-refractivity contribution in [3.63, 3.8) is 0 Å². The van der Waals surface area contributed by atoms with Crippen molar-refractivity contribution in [2.45, 2.75) is 40.5 Å². The van der Waals surface area contributed by atoms with Gasteiger partial charge in [0.05, 0.1) is 5.69 Å². The lowest BCUT2D eigenvalue weighted by molar-refractivity contribution is -0.127. The molecule has 2 rings (SSSR count). The smallest absolute Gasteiger partial charge is 0.232 e. The molecule has 1 atom stereocenters. The maximum atomic E-state index is 12.5. The number of nitrogens with zero attached hydrogens (tertiary/aromatic N) is 1. The summed E-state index contributed by atoms with van der Waals surface area (Å²) in [5.41, 5.74) is 0.637. The summed E-state index contributed by atoms with van der Waals surface area (Å²) in [6.45, 7) is 10.1. The lowest BCUT2D eigenvalue weighted by Crippen LogP contribution is -2.44. The van der Waals surface area contributed by atoms with Gasteiger partial charge in [0.1, 0.15) is 0 Å². The second-order valence-electron chi connectivity index (χ2n) is 5.88. The van der Waals surface area contributed by atoms with Crippen LogP contribution in [0.1, 0.15) is 37.3 Å². The Morgan fingerprint density at radius 3 is 2.74 bits per heavy atom. The molecule has 2 heterocycles. The molecule has 19 heavy (non-hydrogen) atoms. The number of aryl methyl sites for hydroxylation is 2. The molecule has 1 unspecified atom stereocenters. The Morgan fingerprint density at radius 2 is 2.21 bits per heavy atom. The monoisotopic (exact) mass is 281 g/mol.